The Morgan fingerprint density at radius 3 is 2.62 bits per heavy atom. The highest BCUT2D eigenvalue weighted by Crippen LogP contribution is 2.52. The van der Waals surface area contributed by atoms with Gasteiger partial charge in [-0.3, -0.25) is 14.5 Å². The number of ether oxygens (including phenoxy) is 1. The average molecular weight is 737 g/mol. The van der Waals surface area contributed by atoms with Crippen molar-refractivity contribution in [3.05, 3.63) is 90.7 Å². The van der Waals surface area contributed by atoms with Crippen LogP contribution >= 0.6 is 33.9 Å². The summed E-state index contributed by atoms with van der Waals surface area (Å²) in [4.78, 5) is 30.0. The number of hydrogen-bond donors (Lipinski definition) is 2. The first-order chi connectivity index (χ1) is 21.7. The Morgan fingerprint density at radius 2 is 1.93 bits per heavy atom. The van der Waals surface area contributed by atoms with Crippen molar-refractivity contribution in [3.8, 4) is 11.5 Å². The van der Waals surface area contributed by atoms with E-state index in [1.807, 2.05) is 47.8 Å². The fourth-order valence-corrected chi connectivity index (χ4v) is 8.62. The van der Waals surface area contributed by atoms with Crippen molar-refractivity contribution >= 4 is 64.5 Å². The topological polar surface area (TPSA) is 96.3 Å². The molecular weight excluding hydrogens is 700 g/mol. The number of carbonyl (C=O) groups is 2. The molecule has 1 aliphatic carbocycles. The number of phenolic OH excluding ortho intramolecular Hbond substituents is 1. The van der Waals surface area contributed by atoms with Crippen LogP contribution in [0.15, 0.2) is 71.1 Å². The molecule has 45 heavy (non-hydrogen) atoms. The second-order valence-electron chi connectivity index (χ2n) is 12.4. The maximum absolute atomic E-state index is 13.9. The fourth-order valence-electron chi connectivity index (χ4n) is 7.30. The van der Waals surface area contributed by atoms with Gasteiger partial charge in [0.2, 0.25) is 11.8 Å². The molecule has 2 amide bonds. The number of allylic oxidation sites excluding steroid dienone is 2. The second-order valence-corrected chi connectivity index (χ2v) is 14.6. The predicted octanol–water partition coefficient (Wildman–Crippen LogP) is 7.04. The summed E-state index contributed by atoms with van der Waals surface area (Å²) < 4.78 is 12.4. The Morgan fingerprint density at radius 1 is 1.16 bits per heavy atom. The third-order valence-electron chi connectivity index (χ3n) is 9.36. The first-order valence-electron chi connectivity index (χ1n) is 15.4. The number of carbonyl (C=O) groups excluding carboxylic acids is 2. The van der Waals surface area contributed by atoms with E-state index < -0.39 is 19.0 Å². The number of benzene rings is 2. The number of hydrogen-bond acceptors (Lipinski definition) is 7. The van der Waals surface area contributed by atoms with E-state index in [1.165, 1.54) is 17.6 Å². The van der Waals surface area contributed by atoms with Gasteiger partial charge in [-0.25, -0.2) is 0 Å². The summed E-state index contributed by atoms with van der Waals surface area (Å²) in [6.45, 7) is 4.58. The van der Waals surface area contributed by atoms with E-state index >= 15 is 0 Å². The first-order valence-corrected chi connectivity index (χ1v) is 17.4. The highest BCUT2D eigenvalue weighted by Gasteiger charge is 2.57. The molecule has 3 aliphatic rings. The molecule has 2 fully saturated rings. The van der Waals surface area contributed by atoms with Crippen LogP contribution in [0, 0.1) is 27.2 Å². The molecule has 1 aromatic heterocycles. The number of imide groups is 1. The van der Waals surface area contributed by atoms with Crippen LogP contribution in [-0.2, 0) is 20.8 Å². The van der Waals surface area contributed by atoms with Crippen molar-refractivity contribution in [1.82, 2.24) is 4.90 Å². The van der Waals surface area contributed by atoms with Crippen LogP contribution in [0.2, 0.25) is 6.32 Å². The number of nitrogens with zero attached hydrogens (tertiary/aromatic N) is 1. The molecule has 2 aromatic carbocycles. The smallest absolute Gasteiger partial charge is 0.455 e. The lowest BCUT2D eigenvalue weighted by molar-refractivity contribution is -0.140. The van der Waals surface area contributed by atoms with Crippen LogP contribution in [0.4, 0.5) is 0 Å². The van der Waals surface area contributed by atoms with Crippen molar-refractivity contribution in [2.75, 3.05) is 7.11 Å². The standard InChI is InChI=1S/C35H37BINO6S/c1-20(2)25-17-26-32(35(41)38(34(26)40)19-24-10-7-13-45-24)27-18-36(42)44-29(31(25)27)12-11-23(22-8-5-4-6-9-22)14-21-15-28(37)33(39)30(16-21)43-3/h4-10,13-16,20,26-27,29,32,39,42H,11-12,17-19H2,1-3H3/b23-14-/t26-,27+,29-,32-/m1/s1. The molecule has 0 radical (unpaired) electrons. The van der Waals surface area contributed by atoms with E-state index in [0.717, 1.165) is 27.2 Å². The molecule has 0 bridgehead atoms. The summed E-state index contributed by atoms with van der Waals surface area (Å²) in [5, 5.41) is 23.4. The molecule has 0 saturated carbocycles. The van der Waals surface area contributed by atoms with Crippen LogP contribution in [0.25, 0.3) is 11.6 Å². The third kappa shape index (κ3) is 6.39. The lowest BCUT2D eigenvalue weighted by Crippen LogP contribution is -2.46. The molecular formula is C35H37BINO6S. The molecule has 0 unspecified atom stereocenters. The summed E-state index contributed by atoms with van der Waals surface area (Å²) in [5.74, 6) is -0.646. The van der Waals surface area contributed by atoms with E-state index in [9.17, 15) is 19.7 Å². The molecule has 2 N–H and O–H groups in total. The highest BCUT2D eigenvalue weighted by atomic mass is 127. The number of thiophene rings is 1. The maximum Gasteiger partial charge on any atom is 0.455 e. The molecule has 4 atom stereocenters. The van der Waals surface area contributed by atoms with Gasteiger partial charge in [0, 0.05) is 4.88 Å². The first kappa shape index (κ1) is 32.0. The monoisotopic (exact) mass is 737 g/mol. The normalized spacial score (nSPS) is 23.6. The highest BCUT2D eigenvalue weighted by molar-refractivity contribution is 14.1. The molecule has 2 saturated heterocycles. The van der Waals surface area contributed by atoms with Gasteiger partial charge in [-0.15, -0.1) is 11.3 Å². The van der Waals surface area contributed by atoms with Crippen molar-refractivity contribution < 1.29 is 29.1 Å². The van der Waals surface area contributed by atoms with E-state index in [0.29, 0.717) is 41.4 Å². The van der Waals surface area contributed by atoms with E-state index in [4.69, 9.17) is 9.39 Å². The number of rotatable bonds is 9. The predicted molar refractivity (Wildman–Crippen MR) is 185 cm³/mol. The Bertz CT molecular complexity index is 1640. The van der Waals surface area contributed by atoms with Crippen molar-refractivity contribution in [2.45, 2.75) is 52.1 Å². The van der Waals surface area contributed by atoms with Gasteiger partial charge >= 0.3 is 7.12 Å². The summed E-state index contributed by atoms with van der Waals surface area (Å²) in [6, 6.07) is 17.8. The van der Waals surface area contributed by atoms with Gasteiger partial charge in [-0.2, -0.15) is 0 Å². The number of phenols is 1. The van der Waals surface area contributed by atoms with Crippen molar-refractivity contribution in [3.63, 3.8) is 0 Å². The van der Waals surface area contributed by atoms with Gasteiger partial charge in [0.15, 0.2) is 11.5 Å². The number of fused-ring (bicyclic) bond motifs is 3. The molecule has 3 heterocycles. The average Bonchev–Trinajstić information content (AvgIpc) is 3.63. The Kier molecular flexibility index (Phi) is 9.56. The molecule has 0 spiro atoms. The van der Waals surface area contributed by atoms with Crippen molar-refractivity contribution in [2.24, 2.45) is 23.7 Å². The van der Waals surface area contributed by atoms with Crippen molar-refractivity contribution in [1.29, 1.82) is 0 Å². The summed E-state index contributed by atoms with van der Waals surface area (Å²) in [7, 11) is 0.523. The van der Waals surface area contributed by atoms with Crippen LogP contribution in [0.1, 0.15) is 49.1 Å². The number of amides is 2. The van der Waals surface area contributed by atoms with Gasteiger partial charge in [0.05, 0.1) is 35.2 Å². The van der Waals surface area contributed by atoms with Crippen LogP contribution in [-0.4, -0.2) is 47.2 Å². The number of aromatic hydroxyl groups is 1. The molecule has 3 aromatic rings. The molecule has 6 rings (SSSR count). The molecule has 7 nitrogen and oxygen atoms in total. The number of methoxy groups -OCH3 is 1. The zero-order chi connectivity index (χ0) is 31.8. The van der Waals surface area contributed by atoms with Crippen LogP contribution in [0.5, 0.6) is 11.5 Å². The zero-order valence-corrected chi connectivity index (χ0v) is 28.6. The number of halogens is 1. The van der Waals surface area contributed by atoms with Gasteiger partial charge in [-0.05, 0) is 106 Å². The Hall–Kier alpha value is -2.93. The zero-order valence-electron chi connectivity index (χ0n) is 25.6. The fraction of sp³-hybridized carbons (Fsp3) is 0.371. The van der Waals surface area contributed by atoms with Crippen LogP contribution in [0.3, 0.4) is 0 Å². The minimum absolute atomic E-state index is 0.0959. The molecule has 10 heteroatoms. The second kappa shape index (κ2) is 13.4. The molecule has 2 aliphatic heterocycles. The Labute approximate surface area is 282 Å². The summed E-state index contributed by atoms with van der Waals surface area (Å²) in [6.07, 6.45) is 3.82. The lowest BCUT2D eigenvalue weighted by atomic mass is 9.57. The quantitative estimate of drug-likeness (QED) is 0.0805. The number of likely N-dealkylation sites (tertiary alicyclic amines) is 1. The molecule has 234 valence electrons. The SMILES string of the molecule is COc1cc(/C=C(/CC[C@H]2OB(O)C[C@H]3C2=C(C(C)C)C[C@H]2C(=O)N(Cc4cccs4)C(=O)[C@H]23)c2ccccc2)cc(I)c1O. The van der Waals surface area contributed by atoms with E-state index in [-0.39, 0.29) is 35.5 Å². The largest absolute Gasteiger partial charge is 0.504 e. The minimum Gasteiger partial charge on any atom is -0.504 e. The maximum atomic E-state index is 13.9. The van der Waals surface area contributed by atoms with Gasteiger partial charge in [-0.1, -0.05) is 61.9 Å². The lowest BCUT2D eigenvalue weighted by Gasteiger charge is -2.44. The van der Waals surface area contributed by atoms with E-state index in [2.05, 4.69) is 54.6 Å². The minimum atomic E-state index is -1.02. The third-order valence-corrected chi connectivity index (χ3v) is 11.0. The Balaban J connectivity index is 1.33. The van der Waals surface area contributed by atoms with E-state index in [1.54, 1.807) is 11.3 Å². The summed E-state index contributed by atoms with van der Waals surface area (Å²) >= 11 is 3.65. The van der Waals surface area contributed by atoms with Crippen LogP contribution < -0.4 is 4.74 Å². The van der Waals surface area contributed by atoms with Gasteiger partial charge < -0.3 is 19.5 Å². The van der Waals surface area contributed by atoms with Gasteiger partial charge in [0.1, 0.15) is 0 Å². The summed E-state index contributed by atoms with van der Waals surface area (Å²) in [5.41, 5.74) is 5.33. The van der Waals surface area contributed by atoms with Gasteiger partial charge in [0.25, 0.3) is 0 Å².